The van der Waals surface area contributed by atoms with Crippen molar-refractivity contribution >= 4 is 11.9 Å². The molecule has 6 heteroatoms. The van der Waals surface area contributed by atoms with Crippen molar-refractivity contribution in [3.05, 3.63) is 29.6 Å². The van der Waals surface area contributed by atoms with Gasteiger partial charge in [0.1, 0.15) is 0 Å². The van der Waals surface area contributed by atoms with E-state index in [0.717, 1.165) is 12.8 Å². The molecule has 1 aliphatic heterocycles. The average molecular weight is 292 g/mol. The van der Waals surface area contributed by atoms with Gasteiger partial charge in [-0.15, -0.1) is 0 Å². The number of amides is 1. The number of ether oxygens (including phenoxy) is 1. The highest BCUT2D eigenvalue weighted by atomic mass is 16.5. The van der Waals surface area contributed by atoms with Crippen LogP contribution in [0.25, 0.3) is 0 Å². The van der Waals surface area contributed by atoms with Crippen molar-refractivity contribution in [3.8, 4) is 0 Å². The Kier molecular flexibility index (Phi) is 4.90. The second kappa shape index (κ2) is 6.67. The number of carbonyl (C=O) groups excluding carboxylic acids is 1. The summed E-state index contributed by atoms with van der Waals surface area (Å²) in [6.45, 7) is 5.10. The maximum Gasteiger partial charge on any atom is 0.337 e. The van der Waals surface area contributed by atoms with Crippen LogP contribution in [0.3, 0.4) is 0 Å². The fourth-order valence-electron chi connectivity index (χ4n) is 2.42. The molecule has 0 saturated carbocycles. The summed E-state index contributed by atoms with van der Waals surface area (Å²) in [5, 5.41) is 8.97. The molecule has 114 valence electrons. The minimum absolute atomic E-state index is 0.0232. The molecule has 0 radical (unpaired) electrons. The molecule has 1 atom stereocenters. The van der Waals surface area contributed by atoms with Crippen LogP contribution in [-0.4, -0.2) is 52.2 Å². The lowest BCUT2D eigenvalue weighted by molar-refractivity contribution is 0.0325. The molecular formula is C15H20N2O4. The predicted octanol–water partition coefficient (Wildman–Crippen LogP) is 1.81. The first-order valence-corrected chi connectivity index (χ1v) is 7.10. The topological polar surface area (TPSA) is 79.7 Å². The fourth-order valence-corrected chi connectivity index (χ4v) is 2.42. The lowest BCUT2D eigenvalue weighted by atomic mass is 10.1. The zero-order valence-corrected chi connectivity index (χ0v) is 12.3. The molecule has 1 aromatic heterocycles. The Hall–Kier alpha value is -1.95. The molecular weight excluding hydrogens is 272 g/mol. The highest BCUT2D eigenvalue weighted by molar-refractivity contribution is 5.97. The predicted molar refractivity (Wildman–Crippen MR) is 76.3 cm³/mol. The third-order valence-electron chi connectivity index (χ3n) is 3.49. The van der Waals surface area contributed by atoms with Crippen LogP contribution in [0.5, 0.6) is 0 Å². The Labute approximate surface area is 123 Å². The Bertz CT molecular complexity index is 530. The lowest BCUT2D eigenvalue weighted by Crippen LogP contribution is -2.39. The van der Waals surface area contributed by atoms with Gasteiger partial charge in [0, 0.05) is 18.9 Å². The van der Waals surface area contributed by atoms with Gasteiger partial charge in [-0.2, -0.15) is 0 Å². The van der Waals surface area contributed by atoms with Crippen molar-refractivity contribution in [2.24, 2.45) is 0 Å². The van der Waals surface area contributed by atoms with E-state index in [0.29, 0.717) is 18.7 Å². The molecule has 1 unspecified atom stereocenters. The van der Waals surface area contributed by atoms with Crippen LogP contribution in [0, 0.1) is 0 Å². The smallest absolute Gasteiger partial charge is 0.337 e. The van der Waals surface area contributed by atoms with Crippen molar-refractivity contribution in [2.75, 3.05) is 13.2 Å². The molecule has 2 heterocycles. The van der Waals surface area contributed by atoms with Gasteiger partial charge in [-0.25, -0.2) is 4.79 Å². The average Bonchev–Trinajstić information content (AvgIpc) is 2.92. The zero-order valence-electron chi connectivity index (χ0n) is 12.3. The van der Waals surface area contributed by atoms with Gasteiger partial charge in [-0.3, -0.25) is 9.78 Å². The van der Waals surface area contributed by atoms with Crippen LogP contribution in [0.2, 0.25) is 0 Å². The van der Waals surface area contributed by atoms with E-state index in [-0.39, 0.29) is 23.6 Å². The summed E-state index contributed by atoms with van der Waals surface area (Å²) in [5.41, 5.74) is 0.335. The maximum atomic E-state index is 12.5. The molecule has 2 rings (SSSR count). The van der Waals surface area contributed by atoms with E-state index in [1.807, 2.05) is 13.8 Å². The van der Waals surface area contributed by atoms with Gasteiger partial charge in [0.25, 0.3) is 5.91 Å². The largest absolute Gasteiger partial charge is 0.478 e. The molecule has 1 amide bonds. The second-order valence-electron chi connectivity index (χ2n) is 5.44. The number of hydrogen-bond donors (Lipinski definition) is 1. The Morgan fingerprint density at radius 1 is 1.43 bits per heavy atom. The molecule has 0 spiro atoms. The number of aromatic carboxylic acids is 1. The number of carboxylic acids is 1. The monoisotopic (exact) mass is 292 g/mol. The number of aromatic nitrogens is 1. The summed E-state index contributed by atoms with van der Waals surface area (Å²) in [7, 11) is 0. The number of likely N-dealkylation sites (tertiary alicyclic amines) is 1. The summed E-state index contributed by atoms with van der Waals surface area (Å²) in [6, 6.07) is 1.42. The molecule has 0 bridgehead atoms. The third kappa shape index (κ3) is 3.78. The zero-order chi connectivity index (χ0) is 15.4. The molecule has 1 saturated heterocycles. The van der Waals surface area contributed by atoms with Crippen LogP contribution in [-0.2, 0) is 4.74 Å². The lowest BCUT2D eigenvalue weighted by Gasteiger charge is -2.25. The van der Waals surface area contributed by atoms with Crippen LogP contribution >= 0.6 is 0 Å². The second-order valence-corrected chi connectivity index (χ2v) is 5.44. The van der Waals surface area contributed by atoms with E-state index in [4.69, 9.17) is 9.84 Å². The number of nitrogens with zero attached hydrogens (tertiary/aromatic N) is 2. The van der Waals surface area contributed by atoms with Gasteiger partial charge in [0.15, 0.2) is 0 Å². The first kappa shape index (κ1) is 15.4. The van der Waals surface area contributed by atoms with E-state index in [2.05, 4.69) is 4.98 Å². The van der Waals surface area contributed by atoms with Gasteiger partial charge in [-0.1, -0.05) is 0 Å². The molecule has 1 aliphatic rings. The quantitative estimate of drug-likeness (QED) is 0.895. The van der Waals surface area contributed by atoms with E-state index in [1.165, 1.54) is 18.5 Å². The minimum atomic E-state index is -1.08. The highest BCUT2D eigenvalue weighted by Gasteiger charge is 2.30. The van der Waals surface area contributed by atoms with E-state index in [1.54, 1.807) is 4.90 Å². The molecule has 1 N–H and O–H groups in total. The first-order chi connectivity index (χ1) is 9.99. The number of carbonyl (C=O) groups is 2. The summed E-state index contributed by atoms with van der Waals surface area (Å²) >= 11 is 0. The molecule has 0 aromatic carbocycles. The molecule has 1 aromatic rings. The SMILES string of the molecule is CC(C)OCC1CCCN1C(=O)c1cncc(C(=O)O)c1. The van der Waals surface area contributed by atoms with Crippen molar-refractivity contribution in [2.45, 2.75) is 38.8 Å². The van der Waals surface area contributed by atoms with Gasteiger partial charge in [0.2, 0.25) is 0 Å². The molecule has 21 heavy (non-hydrogen) atoms. The third-order valence-corrected chi connectivity index (χ3v) is 3.49. The van der Waals surface area contributed by atoms with Gasteiger partial charge >= 0.3 is 5.97 Å². The van der Waals surface area contributed by atoms with E-state index >= 15 is 0 Å². The first-order valence-electron chi connectivity index (χ1n) is 7.10. The number of pyridine rings is 1. The molecule has 0 aliphatic carbocycles. The van der Waals surface area contributed by atoms with Gasteiger partial charge in [-0.05, 0) is 32.8 Å². The number of rotatable bonds is 5. The van der Waals surface area contributed by atoms with Crippen molar-refractivity contribution < 1.29 is 19.4 Å². The van der Waals surface area contributed by atoms with E-state index < -0.39 is 5.97 Å². The van der Waals surface area contributed by atoms with Crippen LogP contribution < -0.4 is 0 Å². The summed E-state index contributed by atoms with van der Waals surface area (Å²) in [6.07, 6.45) is 4.61. The number of carboxylic acid groups (broad SMARTS) is 1. The Morgan fingerprint density at radius 2 is 2.14 bits per heavy atom. The van der Waals surface area contributed by atoms with Crippen molar-refractivity contribution in [1.29, 1.82) is 0 Å². The Balaban J connectivity index is 2.11. The van der Waals surface area contributed by atoms with Crippen LogP contribution in [0.4, 0.5) is 0 Å². The fraction of sp³-hybridized carbons (Fsp3) is 0.533. The summed E-state index contributed by atoms with van der Waals surface area (Å²) in [4.78, 5) is 29.1. The number of hydrogen-bond acceptors (Lipinski definition) is 4. The molecule has 1 fully saturated rings. The minimum Gasteiger partial charge on any atom is -0.478 e. The van der Waals surface area contributed by atoms with Crippen molar-refractivity contribution in [3.63, 3.8) is 0 Å². The summed E-state index contributed by atoms with van der Waals surface area (Å²) in [5.74, 6) is -1.27. The van der Waals surface area contributed by atoms with Gasteiger partial charge < -0.3 is 14.7 Å². The van der Waals surface area contributed by atoms with Crippen LogP contribution in [0.1, 0.15) is 47.4 Å². The van der Waals surface area contributed by atoms with Gasteiger partial charge in [0.05, 0.1) is 29.9 Å². The standard InChI is InChI=1S/C15H20N2O4/c1-10(2)21-9-13-4-3-5-17(13)14(18)11-6-12(15(19)20)8-16-7-11/h6-8,10,13H,3-5,9H2,1-2H3,(H,19,20). The van der Waals surface area contributed by atoms with Crippen LogP contribution in [0.15, 0.2) is 18.5 Å². The highest BCUT2D eigenvalue weighted by Crippen LogP contribution is 2.21. The molecule has 6 nitrogen and oxygen atoms in total. The summed E-state index contributed by atoms with van der Waals surface area (Å²) < 4.78 is 5.60. The Morgan fingerprint density at radius 3 is 2.81 bits per heavy atom. The van der Waals surface area contributed by atoms with Crippen molar-refractivity contribution in [1.82, 2.24) is 9.88 Å². The normalized spacial score (nSPS) is 18.2. The maximum absolute atomic E-state index is 12.5. The van der Waals surface area contributed by atoms with E-state index in [9.17, 15) is 9.59 Å².